The number of unbranched alkanes of at least 4 members (excludes halogenated alkanes) is 1. The number of amides is 3. The fourth-order valence-electron chi connectivity index (χ4n) is 7.14. The summed E-state index contributed by atoms with van der Waals surface area (Å²) in [6.07, 6.45) is 5.43. The third-order valence-electron chi connectivity index (χ3n) is 9.47. The fourth-order valence-corrected chi connectivity index (χ4v) is 7.14. The Morgan fingerprint density at radius 2 is 1.95 bits per heavy atom. The van der Waals surface area contributed by atoms with Crippen molar-refractivity contribution < 1.29 is 33.8 Å². The molecule has 10 nitrogen and oxygen atoms in total. The molecule has 2 bridgehead atoms. The van der Waals surface area contributed by atoms with E-state index in [1.54, 1.807) is 29.0 Å². The van der Waals surface area contributed by atoms with E-state index in [9.17, 15) is 24.3 Å². The molecule has 0 aromatic heterocycles. The summed E-state index contributed by atoms with van der Waals surface area (Å²) in [7, 11) is 1.69. The van der Waals surface area contributed by atoms with Gasteiger partial charge in [-0.2, -0.15) is 0 Å². The van der Waals surface area contributed by atoms with Crippen molar-refractivity contribution >= 4 is 23.7 Å². The van der Waals surface area contributed by atoms with Crippen LogP contribution < -0.4 is 0 Å². The predicted octanol–water partition coefficient (Wildman–Crippen LogP) is 3.27. The Hall–Kier alpha value is -3.50. The van der Waals surface area contributed by atoms with Gasteiger partial charge in [0.25, 0.3) is 0 Å². The maximum absolute atomic E-state index is 14.1. The minimum atomic E-state index is -1.19. The summed E-state index contributed by atoms with van der Waals surface area (Å²) in [4.78, 5) is 59.8. The molecule has 1 N–H and O–H groups in total. The number of esters is 1. The van der Waals surface area contributed by atoms with Crippen molar-refractivity contribution in [1.82, 2.24) is 14.7 Å². The Bertz CT molecular complexity index is 1220. The molecule has 3 amide bonds. The molecule has 7 atom stereocenters. The second kappa shape index (κ2) is 14.5. The number of β-amino-alcohol motifs (C(OH)–C–C–N with tert-alkyl or cyclic N) is 1. The summed E-state index contributed by atoms with van der Waals surface area (Å²) >= 11 is 0. The molecular formula is C34H47N3O7. The van der Waals surface area contributed by atoms with Crippen LogP contribution in [0.5, 0.6) is 0 Å². The first-order chi connectivity index (χ1) is 21.2. The predicted molar refractivity (Wildman–Crippen MR) is 165 cm³/mol. The molecule has 3 heterocycles. The molecule has 3 aliphatic rings. The third-order valence-corrected chi connectivity index (χ3v) is 9.47. The molecule has 0 unspecified atom stereocenters. The average Bonchev–Trinajstić information content (AvgIpc) is 3.67. The highest BCUT2D eigenvalue weighted by Crippen LogP contribution is 2.59. The number of ether oxygens (including phenoxy) is 2. The lowest BCUT2D eigenvalue weighted by Crippen LogP contribution is -2.56. The lowest BCUT2D eigenvalue weighted by atomic mass is 9.70. The Morgan fingerprint density at radius 1 is 1.23 bits per heavy atom. The van der Waals surface area contributed by atoms with Crippen LogP contribution in [0, 0.1) is 11.8 Å². The number of likely N-dealkylation sites (tertiary alicyclic amines) is 1. The van der Waals surface area contributed by atoms with E-state index in [1.165, 1.54) is 4.90 Å². The van der Waals surface area contributed by atoms with Gasteiger partial charge < -0.3 is 29.3 Å². The number of carbonyl (C=O) groups is 4. The topological polar surface area (TPSA) is 117 Å². The van der Waals surface area contributed by atoms with Crippen LogP contribution in [0.25, 0.3) is 0 Å². The van der Waals surface area contributed by atoms with E-state index >= 15 is 0 Å². The Morgan fingerprint density at radius 3 is 2.59 bits per heavy atom. The number of benzene rings is 1. The molecule has 4 rings (SSSR count). The molecule has 3 aliphatic heterocycles. The number of nitrogens with zero attached hydrogens (tertiary/aromatic N) is 3. The van der Waals surface area contributed by atoms with E-state index in [0.717, 1.165) is 18.4 Å². The van der Waals surface area contributed by atoms with E-state index < -0.39 is 47.7 Å². The van der Waals surface area contributed by atoms with Gasteiger partial charge in [-0.3, -0.25) is 19.2 Å². The number of allylic oxidation sites excluding steroid dienone is 1. The SMILES string of the molecule is C=CCCC(=O)N(C)[C@H](C)[C@H](OC(=O)[C@@H]1[C@@H]2CC[C@]3(O2)[C@H](C(=O)N(CC=C)CCCC)N(CCO)C(=O)[C@@H]13)c1ccccc1. The van der Waals surface area contributed by atoms with Gasteiger partial charge in [0, 0.05) is 33.1 Å². The van der Waals surface area contributed by atoms with Crippen molar-refractivity contribution in [2.75, 3.05) is 33.3 Å². The molecular weight excluding hydrogens is 562 g/mol. The average molecular weight is 610 g/mol. The van der Waals surface area contributed by atoms with Crippen molar-refractivity contribution in [1.29, 1.82) is 0 Å². The van der Waals surface area contributed by atoms with Crippen molar-refractivity contribution in [3.05, 3.63) is 61.2 Å². The van der Waals surface area contributed by atoms with E-state index in [1.807, 2.05) is 44.2 Å². The number of hydrogen-bond donors (Lipinski definition) is 1. The van der Waals surface area contributed by atoms with Gasteiger partial charge in [0.1, 0.15) is 17.7 Å². The molecule has 240 valence electrons. The number of aliphatic hydroxyl groups excluding tert-OH is 1. The number of likely N-dealkylation sites (N-methyl/N-ethyl adjacent to an activating group) is 1. The van der Waals surface area contributed by atoms with Crippen molar-refractivity contribution in [2.45, 2.75) is 82.3 Å². The maximum atomic E-state index is 14.1. The normalized spacial score (nSPS) is 26.5. The first-order valence-electron chi connectivity index (χ1n) is 15.8. The molecule has 3 fully saturated rings. The lowest BCUT2D eigenvalue weighted by Gasteiger charge is -2.36. The Kier molecular flexibility index (Phi) is 11.0. The zero-order valence-corrected chi connectivity index (χ0v) is 26.2. The monoisotopic (exact) mass is 609 g/mol. The van der Waals surface area contributed by atoms with Gasteiger partial charge in [-0.25, -0.2) is 0 Å². The van der Waals surface area contributed by atoms with E-state index in [4.69, 9.17) is 9.47 Å². The van der Waals surface area contributed by atoms with Crippen LogP contribution in [0.1, 0.15) is 64.0 Å². The van der Waals surface area contributed by atoms with Gasteiger partial charge in [-0.15, -0.1) is 13.2 Å². The van der Waals surface area contributed by atoms with Crippen LogP contribution in [0.3, 0.4) is 0 Å². The maximum Gasteiger partial charge on any atom is 0.313 e. The molecule has 1 aromatic carbocycles. The van der Waals surface area contributed by atoms with E-state index in [2.05, 4.69) is 13.2 Å². The number of fused-ring (bicyclic) bond motifs is 1. The van der Waals surface area contributed by atoms with Crippen LogP contribution >= 0.6 is 0 Å². The quantitative estimate of drug-likeness (QED) is 0.226. The highest BCUT2D eigenvalue weighted by molar-refractivity contribution is 5.98. The molecule has 44 heavy (non-hydrogen) atoms. The van der Waals surface area contributed by atoms with Gasteiger partial charge in [0.05, 0.1) is 30.6 Å². The summed E-state index contributed by atoms with van der Waals surface area (Å²) in [5, 5.41) is 9.88. The number of rotatable bonds is 16. The van der Waals surface area contributed by atoms with Gasteiger partial charge in [0.2, 0.25) is 17.7 Å². The summed E-state index contributed by atoms with van der Waals surface area (Å²) in [5.74, 6) is -3.16. The first kappa shape index (κ1) is 33.4. The third kappa shape index (κ3) is 6.19. The van der Waals surface area contributed by atoms with Crippen molar-refractivity contribution in [2.24, 2.45) is 11.8 Å². The zero-order chi connectivity index (χ0) is 32.0. The standard InChI is InChI=1S/C34H47N3O7/c1-6-9-16-26(39)35(5)23(4)29(24-14-12-11-13-15-24)43-33(42)27-25-17-18-34(44-25)28(27)31(40)37(21-22-38)30(34)32(41)36(19-8-3)20-10-7-2/h6,8,11-15,23,25,27-30,38H,1,3,7,9-10,16-22H2,2,4-5H3/t23-,25+,27-,28-,29+,30+,34-/m1/s1. The molecule has 0 radical (unpaired) electrons. The zero-order valence-electron chi connectivity index (χ0n) is 26.2. The highest BCUT2D eigenvalue weighted by Gasteiger charge is 2.75. The first-order valence-corrected chi connectivity index (χ1v) is 15.8. The van der Waals surface area contributed by atoms with Crippen molar-refractivity contribution in [3.8, 4) is 0 Å². The summed E-state index contributed by atoms with van der Waals surface area (Å²) in [5.41, 5.74) is -0.464. The van der Waals surface area contributed by atoms with Gasteiger partial charge in [-0.05, 0) is 38.2 Å². The number of hydrogen-bond acceptors (Lipinski definition) is 7. The lowest BCUT2D eigenvalue weighted by molar-refractivity contribution is -0.164. The number of aliphatic hydroxyl groups is 1. The van der Waals surface area contributed by atoms with E-state index in [-0.39, 0.29) is 37.3 Å². The Balaban J connectivity index is 1.65. The summed E-state index contributed by atoms with van der Waals surface area (Å²) in [6.45, 7) is 11.8. The molecule has 1 spiro atoms. The Labute approximate surface area is 260 Å². The minimum absolute atomic E-state index is 0.0414. The van der Waals surface area contributed by atoms with Gasteiger partial charge in [-0.1, -0.05) is 55.8 Å². The smallest absolute Gasteiger partial charge is 0.313 e. The summed E-state index contributed by atoms with van der Waals surface area (Å²) in [6, 6.07) is 7.78. The second-order valence-corrected chi connectivity index (χ2v) is 12.1. The molecule has 3 saturated heterocycles. The molecule has 0 saturated carbocycles. The van der Waals surface area contributed by atoms with Gasteiger partial charge >= 0.3 is 5.97 Å². The molecule has 0 aliphatic carbocycles. The van der Waals surface area contributed by atoms with Gasteiger partial charge in [0.15, 0.2) is 0 Å². The van der Waals surface area contributed by atoms with Crippen LogP contribution in [-0.2, 0) is 28.7 Å². The van der Waals surface area contributed by atoms with Crippen LogP contribution in [0.4, 0.5) is 0 Å². The number of carbonyl (C=O) groups excluding carboxylic acids is 4. The molecule has 10 heteroatoms. The van der Waals surface area contributed by atoms with Crippen LogP contribution in [0.15, 0.2) is 55.6 Å². The largest absolute Gasteiger partial charge is 0.455 e. The fraction of sp³-hybridized carbons (Fsp3) is 0.588. The van der Waals surface area contributed by atoms with Crippen molar-refractivity contribution in [3.63, 3.8) is 0 Å². The highest BCUT2D eigenvalue weighted by atomic mass is 16.6. The van der Waals surface area contributed by atoms with E-state index in [0.29, 0.717) is 32.4 Å². The summed E-state index contributed by atoms with van der Waals surface area (Å²) < 4.78 is 12.7. The van der Waals surface area contributed by atoms with Crippen LogP contribution in [0.2, 0.25) is 0 Å². The molecule has 1 aromatic rings. The van der Waals surface area contributed by atoms with Crippen LogP contribution in [-0.4, -0.2) is 101 Å². The second-order valence-electron chi connectivity index (χ2n) is 12.1. The minimum Gasteiger partial charge on any atom is -0.455 e.